The summed E-state index contributed by atoms with van der Waals surface area (Å²) in [5, 5.41) is -0.236. The molecule has 7 nitrogen and oxygen atoms in total. The molecule has 254 valence electrons. The number of thiophene rings is 1. The molecule has 1 aliphatic rings. The molecule has 0 N–H and O–H groups in total. The predicted octanol–water partition coefficient (Wildman–Crippen LogP) is 9.53. The molecular formula is C37H39ClF2N2O5S. The highest BCUT2D eigenvalue weighted by Crippen LogP contribution is 2.41. The number of carbonyl (C=O) groups is 3. The van der Waals surface area contributed by atoms with E-state index in [4.69, 9.17) is 21.1 Å². The lowest BCUT2D eigenvalue weighted by Crippen LogP contribution is -2.47. The van der Waals surface area contributed by atoms with Crippen LogP contribution in [0.1, 0.15) is 79.0 Å². The maximum absolute atomic E-state index is 14.8. The number of rotatable bonds is 8. The van der Waals surface area contributed by atoms with Crippen LogP contribution in [-0.4, -0.2) is 59.4 Å². The van der Waals surface area contributed by atoms with Crippen molar-refractivity contribution < 1.29 is 32.6 Å². The molecule has 48 heavy (non-hydrogen) atoms. The van der Waals surface area contributed by atoms with Gasteiger partial charge in [0.1, 0.15) is 27.9 Å². The lowest BCUT2D eigenvalue weighted by atomic mass is 9.89. The zero-order valence-electron chi connectivity index (χ0n) is 27.9. The van der Waals surface area contributed by atoms with Gasteiger partial charge in [0.25, 0.3) is 5.91 Å². The maximum atomic E-state index is 14.8. The number of halogens is 3. The molecule has 11 heteroatoms. The summed E-state index contributed by atoms with van der Waals surface area (Å²) in [6.45, 7) is 7.09. The minimum atomic E-state index is -0.703. The van der Waals surface area contributed by atoms with E-state index in [1.807, 2.05) is 57.2 Å². The minimum Gasteiger partial charge on any atom is -0.496 e. The summed E-state index contributed by atoms with van der Waals surface area (Å²) in [6, 6.07) is 14.6. The number of ether oxygens (including phenoxy) is 2. The van der Waals surface area contributed by atoms with E-state index in [0.717, 1.165) is 34.6 Å². The van der Waals surface area contributed by atoms with Gasteiger partial charge < -0.3 is 19.3 Å². The third kappa shape index (κ3) is 7.50. The first-order chi connectivity index (χ1) is 22.7. The van der Waals surface area contributed by atoms with Gasteiger partial charge in [0.2, 0.25) is 0 Å². The number of Topliss-reactive ketones (excluding diaryl/α,β-unsaturated/α-hetero) is 1. The zero-order valence-corrected chi connectivity index (χ0v) is 29.4. The summed E-state index contributed by atoms with van der Waals surface area (Å²) in [6.07, 6.45) is 1.95. The molecule has 4 aromatic rings. The Kier molecular flexibility index (Phi) is 10.5. The number of fused-ring (bicyclic) bond motifs is 1. The van der Waals surface area contributed by atoms with Crippen molar-refractivity contribution in [2.45, 2.75) is 77.6 Å². The van der Waals surface area contributed by atoms with Crippen molar-refractivity contribution in [1.82, 2.24) is 9.80 Å². The van der Waals surface area contributed by atoms with Gasteiger partial charge in [-0.1, -0.05) is 35.9 Å². The zero-order chi connectivity index (χ0) is 34.9. The number of hydrogen-bond donors (Lipinski definition) is 0. The number of ketones is 1. The maximum Gasteiger partial charge on any atom is 0.410 e. The van der Waals surface area contributed by atoms with Crippen LogP contribution in [-0.2, 0) is 11.3 Å². The van der Waals surface area contributed by atoms with Crippen molar-refractivity contribution in [3.63, 3.8) is 0 Å². The van der Waals surface area contributed by atoms with E-state index in [2.05, 4.69) is 0 Å². The van der Waals surface area contributed by atoms with Crippen LogP contribution in [0.25, 0.3) is 21.2 Å². The second-order valence-corrected chi connectivity index (χ2v) is 14.5. The predicted molar refractivity (Wildman–Crippen MR) is 185 cm³/mol. The van der Waals surface area contributed by atoms with Crippen molar-refractivity contribution in [2.75, 3.05) is 14.2 Å². The van der Waals surface area contributed by atoms with Crippen LogP contribution in [0, 0.1) is 11.6 Å². The van der Waals surface area contributed by atoms with Gasteiger partial charge in [0.05, 0.1) is 22.2 Å². The summed E-state index contributed by atoms with van der Waals surface area (Å²) in [4.78, 5) is 42.7. The number of nitrogens with zero attached hydrogens (tertiary/aromatic N) is 2. The lowest BCUT2D eigenvalue weighted by molar-refractivity contribution is 0.0144. The fraction of sp³-hybridized carbons (Fsp3) is 0.378. The van der Waals surface area contributed by atoms with Crippen LogP contribution < -0.4 is 4.74 Å². The average molecular weight is 697 g/mol. The topological polar surface area (TPSA) is 76.2 Å². The van der Waals surface area contributed by atoms with Crippen molar-refractivity contribution in [3.05, 3.63) is 87.3 Å². The van der Waals surface area contributed by atoms with Gasteiger partial charge in [0.15, 0.2) is 5.78 Å². The summed E-state index contributed by atoms with van der Waals surface area (Å²) < 4.78 is 40.9. The largest absolute Gasteiger partial charge is 0.496 e. The van der Waals surface area contributed by atoms with Crippen molar-refractivity contribution >= 4 is 50.8 Å². The Labute approximate surface area is 288 Å². The second kappa shape index (κ2) is 14.2. The van der Waals surface area contributed by atoms with Crippen molar-refractivity contribution in [1.29, 1.82) is 0 Å². The third-order valence-corrected chi connectivity index (χ3v) is 10.4. The van der Waals surface area contributed by atoms with E-state index in [0.29, 0.717) is 42.6 Å². The standard InChI is InChI=1S/C37H39ClF2N2O5S/c1-21(43)22-8-7-9-23(18-22)24-10-17-30(46-6)25(19-24)20-42(27-13-11-26(12-14-27)41(5)36(45)47-37(2,3)4)35(44)34-32(38)31-28(39)15-16-29(40)33(31)48-34/h7-10,15-19,26-27H,11-14,20H2,1-6H3/t26-,27-. The Morgan fingerprint density at radius 3 is 2.21 bits per heavy atom. The summed E-state index contributed by atoms with van der Waals surface area (Å²) >= 11 is 7.45. The van der Waals surface area contributed by atoms with E-state index >= 15 is 0 Å². The Bertz CT molecular complexity index is 1860. The molecule has 1 heterocycles. The second-order valence-electron chi connectivity index (χ2n) is 13.1. The minimum absolute atomic E-state index is 0.0177. The smallest absolute Gasteiger partial charge is 0.410 e. The highest BCUT2D eigenvalue weighted by molar-refractivity contribution is 7.21. The first-order valence-electron chi connectivity index (χ1n) is 15.8. The molecule has 0 aliphatic heterocycles. The number of amides is 2. The Hall–Kier alpha value is -4.02. The SMILES string of the molecule is COc1ccc(-c2cccc(C(C)=O)c2)cc1CN(C(=O)c1sc2c(F)ccc(F)c2c1Cl)[C@H]1CC[C@H](N(C)C(=O)OC(C)(C)C)CC1. The van der Waals surface area contributed by atoms with Gasteiger partial charge in [-0.15, -0.1) is 11.3 Å². The lowest BCUT2D eigenvalue weighted by Gasteiger charge is -2.40. The van der Waals surface area contributed by atoms with Crippen molar-refractivity contribution in [2.24, 2.45) is 0 Å². The average Bonchev–Trinajstić information content (AvgIpc) is 3.42. The number of methoxy groups -OCH3 is 1. The molecule has 0 radical (unpaired) electrons. The van der Waals surface area contributed by atoms with E-state index in [1.54, 1.807) is 30.0 Å². The number of benzene rings is 3. The van der Waals surface area contributed by atoms with Crippen LogP contribution in [0.5, 0.6) is 5.75 Å². The highest BCUT2D eigenvalue weighted by atomic mass is 35.5. The van der Waals surface area contributed by atoms with E-state index in [-0.39, 0.29) is 44.4 Å². The Morgan fingerprint density at radius 1 is 0.938 bits per heavy atom. The molecule has 3 aromatic carbocycles. The molecule has 0 atom stereocenters. The number of carbonyl (C=O) groups excluding carboxylic acids is 3. The molecule has 1 aliphatic carbocycles. The van der Waals surface area contributed by atoms with Gasteiger partial charge in [-0.25, -0.2) is 13.6 Å². The molecule has 1 fully saturated rings. The normalized spacial score (nSPS) is 16.4. The molecule has 1 aromatic heterocycles. The molecule has 1 saturated carbocycles. The highest BCUT2D eigenvalue weighted by Gasteiger charge is 2.35. The fourth-order valence-electron chi connectivity index (χ4n) is 6.16. The molecule has 0 saturated heterocycles. The van der Waals surface area contributed by atoms with Crippen molar-refractivity contribution in [3.8, 4) is 16.9 Å². The molecular weight excluding hydrogens is 658 g/mol. The molecule has 2 amide bonds. The first kappa shape index (κ1) is 35.3. The van der Waals surface area contributed by atoms with Gasteiger partial charge >= 0.3 is 6.09 Å². The quantitative estimate of drug-likeness (QED) is 0.172. The Morgan fingerprint density at radius 2 is 1.58 bits per heavy atom. The molecule has 0 bridgehead atoms. The van der Waals surface area contributed by atoms with Crippen LogP contribution in [0.3, 0.4) is 0 Å². The van der Waals surface area contributed by atoms with Gasteiger partial charge in [0, 0.05) is 36.8 Å². The Balaban J connectivity index is 1.51. The third-order valence-electron chi connectivity index (χ3n) is 8.70. The van der Waals surface area contributed by atoms with Crippen LogP contribution in [0.15, 0.2) is 54.6 Å². The van der Waals surface area contributed by atoms with Gasteiger partial charge in [-0.05, 0) is 94.8 Å². The number of hydrogen-bond acceptors (Lipinski definition) is 6. The molecule has 5 rings (SSSR count). The summed E-state index contributed by atoms with van der Waals surface area (Å²) in [7, 11) is 3.27. The first-order valence-corrected chi connectivity index (χ1v) is 17.0. The van der Waals surface area contributed by atoms with Gasteiger partial charge in [-0.3, -0.25) is 9.59 Å². The van der Waals surface area contributed by atoms with E-state index in [1.165, 1.54) is 6.92 Å². The summed E-state index contributed by atoms with van der Waals surface area (Å²) in [5.41, 5.74) is 2.31. The fourth-order valence-corrected chi connectivity index (χ4v) is 7.66. The van der Waals surface area contributed by atoms with E-state index in [9.17, 15) is 23.2 Å². The molecule has 0 unspecified atom stereocenters. The monoisotopic (exact) mass is 696 g/mol. The summed E-state index contributed by atoms with van der Waals surface area (Å²) in [5.74, 6) is -1.31. The molecule has 0 spiro atoms. The van der Waals surface area contributed by atoms with E-state index < -0.39 is 29.2 Å². The van der Waals surface area contributed by atoms with Gasteiger partial charge in [-0.2, -0.15) is 0 Å². The van der Waals surface area contributed by atoms with Crippen LogP contribution in [0.4, 0.5) is 13.6 Å². The van der Waals surface area contributed by atoms with Crippen LogP contribution >= 0.6 is 22.9 Å². The van der Waals surface area contributed by atoms with Crippen LogP contribution in [0.2, 0.25) is 5.02 Å².